The molecule has 0 heterocycles. The number of nitrogens with zero attached hydrogens (tertiary/aromatic N) is 1. The van der Waals surface area contributed by atoms with Gasteiger partial charge in [0.25, 0.3) is 0 Å². The molecule has 4 nitrogen and oxygen atoms in total. The van der Waals surface area contributed by atoms with Gasteiger partial charge in [-0.15, -0.1) is 0 Å². The lowest BCUT2D eigenvalue weighted by Crippen LogP contribution is -2.35. The number of rotatable bonds is 4. The molecule has 0 saturated carbocycles. The Kier molecular flexibility index (Phi) is 4.14. The van der Waals surface area contributed by atoms with E-state index in [4.69, 9.17) is 5.11 Å². The van der Waals surface area contributed by atoms with E-state index in [1.807, 2.05) is 0 Å². The Morgan fingerprint density at radius 2 is 1.94 bits per heavy atom. The first-order chi connectivity index (χ1) is 7.95. The minimum absolute atomic E-state index is 0.0261. The summed E-state index contributed by atoms with van der Waals surface area (Å²) < 4.78 is 25.7. The summed E-state index contributed by atoms with van der Waals surface area (Å²) in [5.74, 6) is -3.87. The Labute approximate surface area is 96.5 Å². The summed E-state index contributed by atoms with van der Waals surface area (Å²) >= 11 is 0. The molecule has 0 aliphatic carbocycles. The molecule has 1 amide bonds. The number of hydrogen-bond donors (Lipinski definition) is 1. The molecular weight excluding hydrogens is 232 g/mol. The van der Waals surface area contributed by atoms with Gasteiger partial charge < -0.3 is 10.0 Å². The molecule has 0 aromatic heterocycles. The first-order valence-corrected chi connectivity index (χ1v) is 4.93. The zero-order chi connectivity index (χ0) is 13.0. The average Bonchev–Trinajstić information content (AvgIpc) is 2.28. The van der Waals surface area contributed by atoms with Crippen LogP contribution in [-0.2, 0) is 9.59 Å². The van der Waals surface area contributed by atoms with Crippen LogP contribution in [0, 0.1) is 11.6 Å². The van der Waals surface area contributed by atoms with Crippen LogP contribution in [0.4, 0.5) is 14.5 Å². The van der Waals surface area contributed by atoms with Crippen molar-refractivity contribution < 1.29 is 23.5 Å². The molecule has 1 aromatic rings. The van der Waals surface area contributed by atoms with E-state index in [1.165, 1.54) is 0 Å². The van der Waals surface area contributed by atoms with Gasteiger partial charge in [-0.2, -0.15) is 0 Å². The summed E-state index contributed by atoms with van der Waals surface area (Å²) in [7, 11) is 0. The number of aliphatic carboxylic acids is 1. The lowest BCUT2D eigenvalue weighted by Gasteiger charge is -2.20. The summed E-state index contributed by atoms with van der Waals surface area (Å²) in [6.45, 7) is 0.967. The smallest absolute Gasteiger partial charge is 0.323 e. The van der Waals surface area contributed by atoms with Gasteiger partial charge >= 0.3 is 5.97 Å². The maximum Gasteiger partial charge on any atom is 0.323 e. The minimum atomic E-state index is -1.23. The van der Waals surface area contributed by atoms with Crippen LogP contribution in [0.25, 0.3) is 0 Å². The van der Waals surface area contributed by atoms with Gasteiger partial charge in [-0.1, -0.05) is 6.92 Å². The van der Waals surface area contributed by atoms with E-state index in [0.29, 0.717) is 0 Å². The number of halogens is 2. The summed E-state index contributed by atoms with van der Waals surface area (Å²) in [5.41, 5.74) is 0.0261. The molecule has 0 unspecified atom stereocenters. The highest BCUT2D eigenvalue weighted by Crippen LogP contribution is 2.18. The predicted molar refractivity (Wildman–Crippen MR) is 56.6 cm³/mol. The fraction of sp³-hybridized carbons (Fsp3) is 0.273. The van der Waals surface area contributed by atoms with Crippen molar-refractivity contribution in [3.63, 3.8) is 0 Å². The third-order valence-electron chi connectivity index (χ3n) is 2.11. The lowest BCUT2D eigenvalue weighted by atomic mass is 10.2. The van der Waals surface area contributed by atoms with Crippen molar-refractivity contribution in [1.82, 2.24) is 0 Å². The highest BCUT2D eigenvalue weighted by atomic mass is 19.2. The average molecular weight is 243 g/mol. The minimum Gasteiger partial charge on any atom is -0.480 e. The quantitative estimate of drug-likeness (QED) is 0.877. The molecule has 1 N–H and O–H groups in total. The van der Waals surface area contributed by atoms with Crippen molar-refractivity contribution in [2.24, 2.45) is 0 Å². The van der Waals surface area contributed by atoms with E-state index in [1.54, 1.807) is 6.92 Å². The summed E-state index contributed by atoms with van der Waals surface area (Å²) in [6, 6.07) is 2.81. The van der Waals surface area contributed by atoms with Crippen molar-refractivity contribution in [2.75, 3.05) is 11.4 Å². The molecule has 0 bridgehead atoms. The number of benzene rings is 1. The molecule has 0 spiro atoms. The first-order valence-electron chi connectivity index (χ1n) is 4.93. The molecule has 1 rings (SSSR count). The largest absolute Gasteiger partial charge is 0.480 e. The standard InChI is InChI=1S/C11H11F2NO3/c1-2-10(15)14(6-11(16)17)7-3-4-8(12)9(13)5-7/h3-5H,2,6H2,1H3,(H,16,17). The Morgan fingerprint density at radius 1 is 1.29 bits per heavy atom. The molecule has 17 heavy (non-hydrogen) atoms. The van der Waals surface area contributed by atoms with Crippen LogP contribution in [0.15, 0.2) is 18.2 Å². The first kappa shape index (κ1) is 13.1. The van der Waals surface area contributed by atoms with Crippen molar-refractivity contribution in [2.45, 2.75) is 13.3 Å². The molecule has 0 atom stereocenters. The molecule has 0 saturated heterocycles. The SMILES string of the molecule is CCC(=O)N(CC(=O)O)c1ccc(F)c(F)c1. The Bertz CT molecular complexity index is 448. The number of carbonyl (C=O) groups is 2. The highest BCUT2D eigenvalue weighted by Gasteiger charge is 2.18. The van der Waals surface area contributed by atoms with Gasteiger partial charge in [-0.3, -0.25) is 9.59 Å². The zero-order valence-corrected chi connectivity index (χ0v) is 9.11. The third-order valence-corrected chi connectivity index (χ3v) is 2.11. The van der Waals surface area contributed by atoms with Crippen LogP contribution >= 0.6 is 0 Å². The lowest BCUT2D eigenvalue weighted by molar-refractivity contribution is -0.136. The van der Waals surface area contributed by atoms with Gasteiger partial charge in [-0.25, -0.2) is 8.78 Å². The number of amides is 1. The summed E-state index contributed by atoms with van der Waals surface area (Å²) in [4.78, 5) is 23.0. The molecule has 0 radical (unpaired) electrons. The normalized spacial score (nSPS) is 10.1. The maximum atomic E-state index is 13.0. The molecule has 6 heteroatoms. The molecule has 1 aromatic carbocycles. The highest BCUT2D eigenvalue weighted by molar-refractivity contribution is 5.97. The fourth-order valence-electron chi connectivity index (χ4n) is 1.30. The van der Waals surface area contributed by atoms with E-state index in [0.717, 1.165) is 23.1 Å². The van der Waals surface area contributed by atoms with Crippen LogP contribution in [0.5, 0.6) is 0 Å². The predicted octanol–water partition coefficient (Wildman–Crippen LogP) is 1.79. The van der Waals surface area contributed by atoms with Gasteiger partial charge in [0.1, 0.15) is 6.54 Å². The van der Waals surface area contributed by atoms with E-state index >= 15 is 0 Å². The number of carbonyl (C=O) groups excluding carboxylic acids is 1. The molecule has 0 aliphatic heterocycles. The second kappa shape index (κ2) is 5.38. The second-order valence-electron chi connectivity index (χ2n) is 3.33. The second-order valence-corrected chi connectivity index (χ2v) is 3.33. The van der Waals surface area contributed by atoms with E-state index in [-0.39, 0.29) is 12.1 Å². The van der Waals surface area contributed by atoms with Crippen molar-refractivity contribution in [1.29, 1.82) is 0 Å². The van der Waals surface area contributed by atoms with Crippen LogP contribution in [0.2, 0.25) is 0 Å². The number of anilines is 1. The monoisotopic (exact) mass is 243 g/mol. The fourth-order valence-corrected chi connectivity index (χ4v) is 1.30. The van der Waals surface area contributed by atoms with Gasteiger partial charge in [0.15, 0.2) is 11.6 Å². The molecule has 0 aliphatic rings. The van der Waals surface area contributed by atoms with Crippen LogP contribution < -0.4 is 4.90 Å². The Morgan fingerprint density at radius 3 is 2.41 bits per heavy atom. The zero-order valence-electron chi connectivity index (χ0n) is 9.11. The Hall–Kier alpha value is -1.98. The number of carboxylic acids is 1. The summed E-state index contributed by atoms with van der Waals surface area (Å²) in [6.07, 6.45) is 0.0757. The van der Waals surface area contributed by atoms with Crippen LogP contribution in [-0.4, -0.2) is 23.5 Å². The third kappa shape index (κ3) is 3.24. The van der Waals surface area contributed by atoms with Crippen LogP contribution in [0.3, 0.4) is 0 Å². The molecule has 92 valence electrons. The molecule has 0 fully saturated rings. The van der Waals surface area contributed by atoms with E-state index < -0.39 is 30.1 Å². The number of carboxylic acid groups (broad SMARTS) is 1. The van der Waals surface area contributed by atoms with Gasteiger partial charge in [-0.05, 0) is 12.1 Å². The van der Waals surface area contributed by atoms with Gasteiger partial charge in [0.2, 0.25) is 5.91 Å². The van der Waals surface area contributed by atoms with E-state index in [9.17, 15) is 18.4 Å². The van der Waals surface area contributed by atoms with Gasteiger partial charge in [0.05, 0.1) is 0 Å². The Balaban J connectivity index is 3.07. The van der Waals surface area contributed by atoms with Crippen LogP contribution in [0.1, 0.15) is 13.3 Å². The number of hydrogen-bond acceptors (Lipinski definition) is 2. The maximum absolute atomic E-state index is 13.0. The molecular formula is C11H11F2NO3. The van der Waals surface area contributed by atoms with Crippen molar-refractivity contribution in [3.8, 4) is 0 Å². The van der Waals surface area contributed by atoms with Gasteiger partial charge in [0, 0.05) is 18.2 Å². The van der Waals surface area contributed by atoms with E-state index in [2.05, 4.69) is 0 Å². The summed E-state index contributed by atoms with van der Waals surface area (Å²) in [5, 5.41) is 8.65. The van der Waals surface area contributed by atoms with Crippen molar-refractivity contribution >= 4 is 17.6 Å². The van der Waals surface area contributed by atoms with Crippen molar-refractivity contribution in [3.05, 3.63) is 29.8 Å². The topological polar surface area (TPSA) is 57.6 Å².